The molecule has 0 fully saturated rings. The molecule has 0 spiro atoms. The summed E-state index contributed by atoms with van der Waals surface area (Å²) in [5.41, 5.74) is 3.72. The first-order valence-corrected chi connectivity index (χ1v) is 9.77. The van der Waals surface area contributed by atoms with Gasteiger partial charge in [0.05, 0.1) is 19.2 Å². The maximum Gasteiger partial charge on any atom is 0.310 e. The fourth-order valence-electron chi connectivity index (χ4n) is 3.27. The molecule has 30 heavy (non-hydrogen) atoms. The van der Waals surface area contributed by atoms with Gasteiger partial charge in [0.25, 0.3) is 5.91 Å². The number of rotatable bonds is 6. The third kappa shape index (κ3) is 4.40. The minimum absolute atomic E-state index is 0.0408. The lowest BCUT2D eigenvalue weighted by Crippen LogP contribution is -2.42. The van der Waals surface area contributed by atoms with Crippen LogP contribution in [0.15, 0.2) is 47.1 Å². The van der Waals surface area contributed by atoms with Crippen LogP contribution >= 0.6 is 0 Å². The second-order valence-corrected chi connectivity index (χ2v) is 7.33. The number of hydrogen-bond donors (Lipinski definition) is 1. The fourth-order valence-corrected chi connectivity index (χ4v) is 3.27. The number of fused-ring (bicyclic) bond motifs is 2. The van der Waals surface area contributed by atoms with Gasteiger partial charge >= 0.3 is 5.97 Å². The molecular weight excluding hydrogens is 386 g/mol. The summed E-state index contributed by atoms with van der Waals surface area (Å²) in [4.78, 5) is 24.2. The zero-order valence-corrected chi connectivity index (χ0v) is 16.9. The second-order valence-electron chi connectivity index (χ2n) is 7.33. The molecule has 156 valence electrons. The maximum atomic E-state index is 12.2. The van der Waals surface area contributed by atoms with E-state index in [1.54, 1.807) is 6.26 Å². The van der Waals surface area contributed by atoms with E-state index in [1.165, 1.54) is 0 Å². The smallest absolute Gasteiger partial charge is 0.310 e. The molecule has 1 amide bonds. The Bertz CT molecular complexity index is 1090. The van der Waals surface area contributed by atoms with E-state index in [-0.39, 0.29) is 25.7 Å². The maximum absolute atomic E-state index is 12.2. The quantitative estimate of drug-likeness (QED) is 0.630. The molecule has 0 saturated heterocycles. The van der Waals surface area contributed by atoms with E-state index in [4.69, 9.17) is 18.6 Å². The van der Waals surface area contributed by atoms with E-state index in [0.29, 0.717) is 18.1 Å². The van der Waals surface area contributed by atoms with Crippen molar-refractivity contribution < 1.29 is 28.2 Å². The number of benzene rings is 2. The Morgan fingerprint density at radius 2 is 1.90 bits per heavy atom. The minimum Gasteiger partial charge on any atom is -0.486 e. The summed E-state index contributed by atoms with van der Waals surface area (Å²) < 4.78 is 22.0. The van der Waals surface area contributed by atoms with Crippen LogP contribution in [0.2, 0.25) is 0 Å². The zero-order valence-electron chi connectivity index (χ0n) is 16.9. The molecule has 3 aromatic rings. The number of hydrogen-bond acceptors (Lipinski definition) is 6. The third-order valence-electron chi connectivity index (χ3n) is 5.06. The Morgan fingerprint density at radius 1 is 1.13 bits per heavy atom. The Hall–Kier alpha value is -3.48. The molecular formula is C23H23NO6. The van der Waals surface area contributed by atoms with Crippen molar-refractivity contribution in [1.29, 1.82) is 0 Å². The summed E-state index contributed by atoms with van der Waals surface area (Å²) in [5.74, 6) is 0.449. The van der Waals surface area contributed by atoms with Crippen molar-refractivity contribution >= 4 is 22.8 Å². The highest BCUT2D eigenvalue weighted by Crippen LogP contribution is 2.30. The molecule has 1 aliphatic heterocycles. The van der Waals surface area contributed by atoms with Crippen LogP contribution in [0.4, 0.5) is 0 Å². The Balaban J connectivity index is 1.24. The summed E-state index contributed by atoms with van der Waals surface area (Å²) in [7, 11) is 0. The van der Waals surface area contributed by atoms with Gasteiger partial charge in [-0.05, 0) is 49.2 Å². The number of aryl methyl sites for hydroxylation is 2. The number of ether oxygens (including phenoxy) is 3. The van der Waals surface area contributed by atoms with E-state index in [9.17, 15) is 9.59 Å². The number of amides is 1. The first-order valence-electron chi connectivity index (χ1n) is 9.77. The van der Waals surface area contributed by atoms with Crippen molar-refractivity contribution in [1.82, 2.24) is 5.32 Å². The monoisotopic (exact) mass is 409 g/mol. The van der Waals surface area contributed by atoms with Gasteiger partial charge in [-0.3, -0.25) is 9.59 Å². The molecule has 2 heterocycles. The molecule has 1 N–H and O–H groups in total. The summed E-state index contributed by atoms with van der Waals surface area (Å²) in [6.07, 6.45) is 1.30. The number of furan rings is 1. The zero-order chi connectivity index (χ0) is 21.1. The Morgan fingerprint density at radius 3 is 2.73 bits per heavy atom. The van der Waals surface area contributed by atoms with Crippen LogP contribution in [0.5, 0.6) is 11.5 Å². The number of carbonyl (C=O) groups excluding carboxylic acids is 2. The minimum atomic E-state index is -0.489. The predicted molar refractivity (Wildman–Crippen MR) is 110 cm³/mol. The lowest BCUT2D eigenvalue weighted by Gasteiger charge is -2.26. The van der Waals surface area contributed by atoms with E-state index in [1.807, 2.05) is 50.2 Å². The Labute approximate surface area is 173 Å². The SMILES string of the molecule is Cc1cc2occ(CC(=O)OCC(=O)NC[C@@H]3COc4ccccc4O3)c2cc1C. The van der Waals surface area contributed by atoms with Gasteiger partial charge in [-0.15, -0.1) is 0 Å². The van der Waals surface area contributed by atoms with Crippen molar-refractivity contribution in [2.24, 2.45) is 0 Å². The highest BCUT2D eigenvalue weighted by molar-refractivity contribution is 5.87. The standard InChI is InChI=1S/C23H23NO6/c1-14-7-18-16(11-27-21(18)8-15(14)2)9-23(26)29-13-22(25)24-10-17-12-28-19-5-3-4-6-20(19)30-17/h3-8,11,17H,9-10,12-13H2,1-2H3,(H,24,25)/t17-/m1/s1. The summed E-state index contributed by atoms with van der Waals surface area (Å²) >= 11 is 0. The lowest BCUT2D eigenvalue weighted by molar-refractivity contribution is -0.148. The molecule has 0 aliphatic carbocycles. The molecule has 4 rings (SSSR count). The number of para-hydroxylation sites is 2. The average molecular weight is 409 g/mol. The van der Waals surface area contributed by atoms with Gasteiger partial charge in [-0.1, -0.05) is 12.1 Å². The summed E-state index contributed by atoms with van der Waals surface area (Å²) in [6, 6.07) is 11.3. The van der Waals surface area contributed by atoms with Gasteiger partial charge in [0.2, 0.25) is 0 Å². The largest absolute Gasteiger partial charge is 0.486 e. The van der Waals surface area contributed by atoms with E-state index < -0.39 is 11.9 Å². The van der Waals surface area contributed by atoms with Crippen molar-refractivity contribution in [2.75, 3.05) is 19.8 Å². The fraction of sp³-hybridized carbons (Fsp3) is 0.304. The Kier molecular flexibility index (Phi) is 5.61. The first kappa shape index (κ1) is 19.8. The molecule has 1 aromatic heterocycles. The third-order valence-corrected chi connectivity index (χ3v) is 5.06. The number of nitrogens with one attached hydrogen (secondary N) is 1. The molecule has 0 unspecified atom stereocenters. The topological polar surface area (TPSA) is 87.0 Å². The van der Waals surface area contributed by atoms with Crippen molar-refractivity contribution in [3.05, 3.63) is 59.4 Å². The molecule has 7 heteroatoms. The van der Waals surface area contributed by atoms with Crippen LogP contribution in [0, 0.1) is 13.8 Å². The van der Waals surface area contributed by atoms with E-state index in [2.05, 4.69) is 5.32 Å². The van der Waals surface area contributed by atoms with Crippen molar-refractivity contribution in [3.8, 4) is 11.5 Å². The van der Waals surface area contributed by atoms with Gasteiger partial charge in [0.15, 0.2) is 18.1 Å². The molecule has 7 nitrogen and oxygen atoms in total. The number of carbonyl (C=O) groups is 2. The summed E-state index contributed by atoms with van der Waals surface area (Å²) in [5, 5.41) is 3.58. The van der Waals surface area contributed by atoms with Crippen molar-refractivity contribution in [3.63, 3.8) is 0 Å². The summed E-state index contributed by atoms with van der Waals surface area (Å²) in [6.45, 7) is 4.26. The van der Waals surface area contributed by atoms with Gasteiger partial charge in [-0.25, -0.2) is 0 Å². The van der Waals surface area contributed by atoms with Crippen LogP contribution in [0.25, 0.3) is 11.0 Å². The van der Waals surface area contributed by atoms with Gasteiger partial charge in [0.1, 0.15) is 18.3 Å². The molecule has 1 atom stereocenters. The molecule has 0 bridgehead atoms. The van der Waals surface area contributed by atoms with Crippen LogP contribution < -0.4 is 14.8 Å². The van der Waals surface area contributed by atoms with E-state index >= 15 is 0 Å². The second kappa shape index (κ2) is 8.49. The number of esters is 1. The van der Waals surface area contributed by atoms with Gasteiger partial charge in [0, 0.05) is 10.9 Å². The normalized spacial score (nSPS) is 15.1. The highest BCUT2D eigenvalue weighted by Gasteiger charge is 2.21. The molecule has 0 radical (unpaired) electrons. The van der Waals surface area contributed by atoms with Gasteiger partial charge in [-0.2, -0.15) is 0 Å². The molecule has 2 aromatic carbocycles. The van der Waals surface area contributed by atoms with Crippen LogP contribution in [-0.4, -0.2) is 37.7 Å². The van der Waals surface area contributed by atoms with Crippen LogP contribution in [0.3, 0.4) is 0 Å². The average Bonchev–Trinajstić information content (AvgIpc) is 3.12. The predicted octanol–water partition coefficient (Wildman–Crippen LogP) is 3.09. The molecule has 0 saturated carbocycles. The first-order chi connectivity index (χ1) is 14.5. The van der Waals surface area contributed by atoms with Crippen LogP contribution in [0.1, 0.15) is 16.7 Å². The van der Waals surface area contributed by atoms with Crippen LogP contribution in [-0.2, 0) is 20.7 Å². The molecule has 1 aliphatic rings. The van der Waals surface area contributed by atoms with Gasteiger partial charge < -0.3 is 23.9 Å². The lowest BCUT2D eigenvalue weighted by atomic mass is 10.0. The highest BCUT2D eigenvalue weighted by atomic mass is 16.6. The van der Waals surface area contributed by atoms with Crippen molar-refractivity contribution in [2.45, 2.75) is 26.4 Å². The van der Waals surface area contributed by atoms with E-state index in [0.717, 1.165) is 27.7 Å².